The molecule has 1 atom stereocenters. The number of likely N-dealkylation sites (tertiary alicyclic amines) is 1. The maximum Gasteiger partial charge on any atom is 0.131 e. The monoisotopic (exact) mass is 482 g/mol. The average molecular weight is 483 g/mol. The van der Waals surface area contributed by atoms with Gasteiger partial charge in [0.1, 0.15) is 11.6 Å². The van der Waals surface area contributed by atoms with E-state index in [9.17, 15) is 4.39 Å². The normalized spacial score (nSPS) is 17.6. The molecule has 2 aromatic carbocycles. The minimum Gasteiger partial charge on any atom is -0.496 e. The first-order chi connectivity index (χ1) is 17.7. The number of nitrogens with zero attached hydrogens (tertiary/aromatic N) is 6. The Kier molecular flexibility index (Phi) is 6.03. The third-order valence-corrected chi connectivity index (χ3v) is 7.09. The van der Waals surface area contributed by atoms with E-state index in [0.29, 0.717) is 24.4 Å². The highest BCUT2D eigenvalue weighted by Crippen LogP contribution is 2.30. The van der Waals surface area contributed by atoms with E-state index in [1.807, 2.05) is 29.1 Å². The van der Waals surface area contributed by atoms with E-state index < -0.39 is 0 Å². The Morgan fingerprint density at radius 3 is 2.86 bits per heavy atom. The van der Waals surface area contributed by atoms with Crippen molar-refractivity contribution in [3.63, 3.8) is 0 Å². The van der Waals surface area contributed by atoms with Crippen LogP contribution in [0.2, 0.25) is 0 Å². The van der Waals surface area contributed by atoms with Gasteiger partial charge in [-0.05, 0) is 61.3 Å². The Morgan fingerprint density at radius 1 is 1.11 bits per heavy atom. The van der Waals surface area contributed by atoms with Crippen LogP contribution in [0.25, 0.3) is 5.69 Å². The van der Waals surface area contributed by atoms with Crippen LogP contribution in [0, 0.1) is 5.82 Å². The van der Waals surface area contributed by atoms with E-state index in [4.69, 9.17) is 9.73 Å². The second-order valence-electron chi connectivity index (χ2n) is 9.33. The fraction of sp³-hybridized carbons (Fsp3) is 0.286. The highest BCUT2D eigenvalue weighted by molar-refractivity contribution is 6.15. The van der Waals surface area contributed by atoms with Crippen LogP contribution in [-0.4, -0.2) is 50.8 Å². The van der Waals surface area contributed by atoms with Crippen LogP contribution in [-0.2, 0) is 13.1 Å². The Balaban J connectivity index is 1.20. The summed E-state index contributed by atoms with van der Waals surface area (Å²) in [4.78, 5) is 11.2. The smallest absolute Gasteiger partial charge is 0.131 e. The van der Waals surface area contributed by atoms with Gasteiger partial charge in [-0.1, -0.05) is 17.3 Å². The third kappa shape index (κ3) is 4.28. The lowest BCUT2D eigenvalue weighted by Gasteiger charge is -2.32. The fourth-order valence-electron chi connectivity index (χ4n) is 5.21. The number of fused-ring (bicyclic) bond motifs is 1. The number of ether oxygens (including phenoxy) is 1. The molecule has 36 heavy (non-hydrogen) atoms. The molecule has 2 aliphatic rings. The van der Waals surface area contributed by atoms with Gasteiger partial charge in [-0.2, -0.15) is 0 Å². The summed E-state index contributed by atoms with van der Waals surface area (Å²) < 4.78 is 21.7. The topological polar surface area (TPSA) is 68.4 Å². The highest BCUT2D eigenvalue weighted by Gasteiger charge is 2.26. The molecular weight excluding hydrogens is 455 g/mol. The lowest BCUT2D eigenvalue weighted by atomic mass is 9.95. The zero-order valence-electron chi connectivity index (χ0n) is 20.1. The summed E-state index contributed by atoms with van der Waals surface area (Å²) >= 11 is 0. The van der Waals surface area contributed by atoms with Gasteiger partial charge in [-0.15, -0.1) is 5.10 Å². The summed E-state index contributed by atoms with van der Waals surface area (Å²) in [6, 6.07) is 15.3. The van der Waals surface area contributed by atoms with Gasteiger partial charge in [0.05, 0.1) is 36.9 Å². The molecule has 4 aromatic rings. The van der Waals surface area contributed by atoms with Crippen molar-refractivity contribution in [1.29, 1.82) is 0 Å². The van der Waals surface area contributed by atoms with Crippen molar-refractivity contribution in [2.75, 3.05) is 20.2 Å². The van der Waals surface area contributed by atoms with Crippen LogP contribution in [0.3, 0.4) is 0 Å². The maximum absolute atomic E-state index is 14.5. The fourth-order valence-corrected chi connectivity index (χ4v) is 5.21. The first kappa shape index (κ1) is 22.5. The number of benzene rings is 2. The van der Waals surface area contributed by atoms with Crippen molar-refractivity contribution in [3.8, 4) is 11.4 Å². The Labute approximate surface area is 209 Å². The molecule has 0 radical (unpaired) electrons. The maximum atomic E-state index is 14.5. The number of methoxy groups -OCH3 is 1. The molecule has 4 heterocycles. The third-order valence-electron chi connectivity index (χ3n) is 7.09. The molecule has 1 saturated heterocycles. The van der Waals surface area contributed by atoms with Gasteiger partial charge in [0.15, 0.2) is 0 Å². The zero-order valence-corrected chi connectivity index (χ0v) is 20.1. The minimum atomic E-state index is -0.228. The van der Waals surface area contributed by atoms with Gasteiger partial charge >= 0.3 is 0 Å². The minimum absolute atomic E-state index is 0.228. The number of aromatic nitrogens is 4. The molecule has 182 valence electrons. The van der Waals surface area contributed by atoms with Gasteiger partial charge < -0.3 is 4.74 Å². The summed E-state index contributed by atoms with van der Waals surface area (Å²) in [5.41, 5.74) is 6.91. The quantitative estimate of drug-likeness (QED) is 0.404. The van der Waals surface area contributed by atoms with Crippen molar-refractivity contribution in [2.24, 2.45) is 4.99 Å². The molecule has 2 aliphatic heterocycles. The molecule has 6 rings (SSSR count). The second kappa shape index (κ2) is 9.62. The van der Waals surface area contributed by atoms with E-state index in [1.165, 1.54) is 11.6 Å². The van der Waals surface area contributed by atoms with E-state index >= 15 is 0 Å². The summed E-state index contributed by atoms with van der Waals surface area (Å²) in [5, 5.41) is 8.98. The first-order valence-corrected chi connectivity index (χ1v) is 12.2. The number of aliphatic imine (C=N–C) groups is 1. The van der Waals surface area contributed by atoms with Crippen molar-refractivity contribution >= 4 is 5.71 Å². The summed E-state index contributed by atoms with van der Waals surface area (Å²) in [6.45, 7) is 2.92. The van der Waals surface area contributed by atoms with E-state index in [1.54, 1.807) is 25.6 Å². The lowest BCUT2D eigenvalue weighted by Crippen LogP contribution is -2.34. The highest BCUT2D eigenvalue weighted by atomic mass is 19.1. The van der Waals surface area contributed by atoms with Crippen molar-refractivity contribution < 1.29 is 9.13 Å². The molecule has 0 bridgehead atoms. The summed E-state index contributed by atoms with van der Waals surface area (Å²) in [5.74, 6) is 0.608. The number of piperidine rings is 1. The average Bonchev–Trinajstić information content (AvgIpc) is 3.58. The van der Waals surface area contributed by atoms with Gasteiger partial charge in [-0.25, -0.2) is 9.07 Å². The Hall–Kier alpha value is -3.91. The lowest BCUT2D eigenvalue weighted by molar-refractivity contribution is 0.194. The van der Waals surface area contributed by atoms with Gasteiger partial charge in [0.25, 0.3) is 0 Å². The number of halogens is 1. The van der Waals surface area contributed by atoms with Crippen LogP contribution in [0.5, 0.6) is 5.75 Å². The Morgan fingerprint density at radius 2 is 2.00 bits per heavy atom. The predicted molar refractivity (Wildman–Crippen MR) is 135 cm³/mol. The molecule has 7 nitrogen and oxygen atoms in total. The summed E-state index contributed by atoms with van der Waals surface area (Å²) in [6.07, 6.45) is 7.67. The van der Waals surface area contributed by atoms with Crippen LogP contribution in [0.1, 0.15) is 46.7 Å². The first-order valence-electron chi connectivity index (χ1n) is 12.2. The molecule has 2 aromatic heterocycles. The largest absolute Gasteiger partial charge is 0.496 e. The molecule has 0 aliphatic carbocycles. The zero-order chi connectivity index (χ0) is 24.5. The van der Waals surface area contributed by atoms with Crippen molar-refractivity contribution in [3.05, 3.63) is 101 Å². The van der Waals surface area contributed by atoms with E-state index in [0.717, 1.165) is 54.2 Å². The van der Waals surface area contributed by atoms with Crippen LogP contribution < -0.4 is 4.74 Å². The van der Waals surface area contributed by atoms with Crippen LogP contribution in [0.4, 0.5) is 4.39 Å². The number of hydrogen-bond donors (Lipinski definition) is 0. The molecule has 0 N–H and O–H groups in total. The molecule has 0 unspecified atom stereocenters. The Bertz CT molecular complexity index is 1420. The summed E-state index contributed by atoms with van der Waals surface area (Å²) in [7, 11) is 1.58. The number of rotatable bonds is 6. The van der Waals surface area contributed by atoms with E-state index in [-0.39, 0.29) is 11.7 Å². The van der Waals surface area contributed by atoms with Crippen LogP contribution >= 0.6 is 0 Å². The van der Waals surface area contributed by atoms with Crippen molar-refractivity contribution in [1.82, 2.24) is 24.9 Å². The van der Waals surface area contributed by atoms with Gasteiger partial charge in [0, 0.05) is 48.1 Å². The van der Waals surface area contributed by atoms with Gasteiger partial charge in [-0.3, -0.25) is 14.9 Å². The van der Waals surface area contributed by atoms with Crippen LogP contribution in [0.15, 0.2) is 72.1 Å². The molecule has 0 spiro atoms. The predicted octanol–water partition coefficient (Wildman–Crippen LogP) is 4.54. The van der Waals surface area contributed by atoms with E-state index in [2.05, 4.69) is 38.4 Å². The standard InChI is InChI=1S/C28H27FN6O/c1-36-27-6-2-5-25(29)24(27)17-34-13-3-4-21(16-34)26-18-35(33-32-26)22-8-7-20-15-31-28(23(20)14-22)19-9-11-30-12-10-19/h2,5-12,14,18,21H,3-4,13,15-17H2,1H3/t21-/m1/s1. The number of pyridine rings is 1. The second-order valence-corrected chi connectivity index (χ2v) is 9.33. The molecule has 8 heteroatoms. The molecule has 0 amide bonds. The SMILES string of the molecule is COc1cccc(F)c1CN1CCC[C@@H](c2cn(-c3ccc4c(c3)C(c3ccncc3)=NC4)nn2)C1. The molecule has 0 saturated carbocycles. The molecule has 1 fully saturated rings. The van der Waals surface area contributed by atoms with Gasteiger partial charge in [0.2, 0.25) is 0 Å². The number of hydrogen-bond acceptors (Lipinski definition) is 6. The molecular formula is C28H27FN6O. The van der Waals surface area contributed by atoms with Crippen molar-refractivity contribution in [2.45, 2.75) is 31.8 Å².